The maximum atomic E-state index is 12.9. The van der Waals surface area contributed by atoms with E-state index in [1.54, 1.807) is 17.0 Å². The number of likely N-dealkylation sites (tertiary alicyclic amines) is 1. The van der Waals surface area contributed by atoms with Crippen LogP contribution in [0.25, 0.3) is 0 Å². The summed E-state index contributed by atoms with van der Waals surface area (Å²) in [6.07, 6.45) is 5.02. The normalized spacial score (nSPS) is 23.0. The van der Waals surface area contributed by atoms with Crippen LogP contribution >= 0.6 is 0 Å². The largest absolute Gasteiger partial charge is 0.503 e. The van der Waals surface area contributed by atoms with E-state index in [1.165, 1.54) is 18.6 Å². The Hall–Kier alpha value is -2.74. The Labute approximate surface area is 168 Å². The molecule has 1 N–H and O–H groups in total. The van der Waals surface area contributed by atoms with E-state index in [-0.39, 0.29) is 23.0 Å². The molecule has 0 aromatic heterocycles. The first kappa shape index (κ1) is 19.6. The quantitative estimate of drug-likeness (QED) is 0.558. The van der Waals surface area contributed by atoms with Gasteiger partial charge in [0.15, 0.2) is 11.5 Å². The summed E-state index contributed by atoms with van der Waals surface area (Å²) >= 11 is 0. The molecule has 0 bridgehead atoms. The van der Waals surface area contributed by atoms with Crippen molar-refractivity contribution < 1.29 is 19.6 Å². The number of Topliss-reactive ketones (excluding diaryl/α,β-unsaturated/α-hetero) is 1. The zero-order valence-electron chi connectivity index (χ0n) is 16.2. The minimum atomic E-state index is -0.693. The number of nitrogens with zero attached hydrogens (tertiary/aromatic N) is 3. The van der Waals surface area contributed by atoms with Crippen LogP contribution in [-0.4, -0.2) is 57.7 Å². The number of non-ortho nitro benzene ring substituents is 1. The zero-order chi connectivity index (χ0) is 20.5. The Balaban J connectivity index is 1.62. The first-order valence-corrected chi connectivity index (χ1v) is 10.2. The molecule has 1 aliphatic carbocycles. The van der Waals surface area contributed by atoms with Crippen LogP contribution in [0.5, 0.6) is 0 Å². The number of hydrogen-bond acceptors (Lipinski definition) is 6. The molecule has 3 aliphatic rings. The Morgan fingerprint density at radius 1 is 1.10 bits per heavy atom. The van der Waals surface area contributed by atoms with Crippen LogP contribution in [0, 0.1) is 16.0 Å². The van der Waals surface area contributed by atoms with Gasteiger partial charge in [-0.1, -0.05) is 6.42 Å². The molecule has 154 valence electrons. The summed E-state index contributed by atoms with van der Waals surface area (Å²) in [5, 5.41) is 21.5. The highest BCUT2D eigenvalue weighted by atomic mass is 16.6. The minimum absolute atomic E-state index is 0.0544. The van der Waals surface area contributed by atoms with Crippen molar-refractivity contribution in [3.8, 4) is 0 Å². The van der Waals surface area contributed by atoms with Crippen molar-refractivity contribution in [2.75, 3.05) is 26.2 Å². The predicted molar refractivity (Wildman–Crippen MR) is 105 cm³/mol. The molecule has 8 nitrogen and oxygen atoms in total. The van der Waals surface area contributed by atoms with Crippen LogP contribution < -0.4 is 0 Å². The summed E-state index contributed by atoms with van der Waals surface area (Å²) in [5.74, 6) is -1.32. The lowest BCUT2D eigenvalue weighted by molar-refractivity contribution is -0.384. The van der Waals surface area contributed by atoms with Crippen LogP contribution in [0.1, 0.15) is 43.7 Å². The molecule has 1 aromatic carbocycles. The van der Waals surface area contributed by atoms with Gasteiger partial charge in [-0.3, -0.25) is 19.7 Å². The Kier molecular flexibility index (Phi) is 5.36. The fourth-order valence-electron chi connectivity index (χ4n) is 4.26. The highest BCUT2D eigenvalue weighted by molar-refractivity contribution is 6.10. The summed E-state index contributed by atoms with van der Waals surface area (Å²) in [6, 6.07) is 5.20. The number of benzene rings is 1. The third-order valence-corrected chi connectivity index (χ3v) is 6.04. The number of aliphatic hydroxyl groups is 1. The molecule has 0 spiro atoms. The maximum Gasteiger partial charge on any atom is 0.290 e. The van der Waals surface area contributed by atoms with E-state index >= 15 is 0 Å². The van der Waals surface area contributed by atoms with Crippen LogP contribution in [0.3, 0.4) is 0 Å². The smallest absolute Gasteiger partial charge is 0.290 e. The molecule has 1 atom stereocenters. The number of piperidine rings is 1. The Morgan fingerprint density at radius 3 is 2.34 bits per heavy atom. The average molecular weight is 399 g/mol. The van der Waals surface area contributed by atoms with Crippen LogP contribution in [0.4, 0.5) is 5.69 Å². The molecule has 2 fully saturated rings. The van der Waals surface area contributed by atoms with Crippen molar-refractivity contribution in [3.05, 3.63) is 51.3 Å². The molecule has 2 aliphatic heterocycles. The van der Waals surface area contributed by atoms with Gasteiger partial charge in [-0.05, 0) is 56.5 Å². The summed E-state index contributed by atoms with van der Waals surface area (Å²) in [7, 11) is 0. The predicted octanol–water partition coefficient (Wildman–Crippen LogP) is 2.76. The molecule has 1 saturated heterocycles. The number of rotatable bonds is 7. The van der Waals surface area contributed by atoms with Crippen LogP contribution in [0.15, 0.2) is 35.6 Å². The highest BCUT2D eigenvalue weighted by Crippen LogP contribution is 2.43. The molecular formula is C21H25N3O5. The zero-order valence-corrected chi connectivity index (χ0v) is 16.2. The summed E-state index contributed by atoms with van der Waals surface area (Å²) in [4.78, 5) is 40.0. The van der Waals surface area contributed by atoms with E-state index in [1.807, 2.05) is 0 Å². The second-order valence-corrected chi connectivity index (χ2v) is 8.05. The van der Waals surface area contributed by atoms with Gasteiger partial charge >= 0.3 is 0 Å². The van der Waals surface area contributed by atoms with E-state index in [0.29, 0.717) is 18.7 Å². The lowest BCUT2D eigenvalue weighted by atomic mass is 9.94. The summed E-state index contributed by atoms with van der Waals surface area (Å²) < 4.78 is 0. The summed E-state index contributed by atoms with van der Waals surface area (Å²) in [5.41, 5.74) is 0.696. The number of carbonyl (C=O) groups excluding carboxylic acids is 2. The van der Waals surface area contributed by atoms with Crippen molar-refractivity contribution in [2.45, 2.75) is 38.1 Å². The van der Waals surface area contributed by atoms with Gasteiger partial charge in [-0.15, -0.1) is 0 Å². The van der Waals surface area contributed by atoms with E-state index in [9.17, 15) is 24.8 Å². The minimum Gasteiger partial charge on any atom is -0.503 e. The van der Waals surface area contributed by atoms with Crippen molar-refractivity contribution >= 4 is 17.4 Å². The third-order valence-electron chi connectivity index (χ3n) is 6.04. The van der Waals surface area contributed by atoms with Gasteiger partial charge in [-0.2, -0.15) is 0 Å². The first-order chi connectivity index (χ1) is 14.0. The summed E-state index contributed by atoms with van der Waals surface area (Å²) in [6.45, 7) is 3.04. The van der Waals surface area contributed by atoms with Gasteiger partial charge in [0, 0.05) is 31.1 Å². The van der Waals surface area contributed by atoms with E-state index in [2.05, 4.69) is 4.90 Å². The average Bonchev–Trinajstić information content (AvgIpc) is 3.55. The Bertz CT molecular complexity index is 854. The number of nitro benzene ring substituents is 1. The lowest BCUT2D eigenvalue weighted by Crippen LogP contribution is -2.40. The van der Waals surface area contributed by atoms with Gasteiger partial charge in [0.05, 0.1) is 16.5 Å². The fourth-order valence-corrected chi connectivity index (χ4v) is 4.26. The van der Waals surface area contributed by atoms with Crippen molar-refractivity contribution in [3.63, 3.8) is 0 Å². The molecule has 4 rings (SSSR count). The molecule has 1 unspecified atom stereocenters. The highest BCUT2D eigenvalue weighted by Gasteiger charge is 2.47. The van der Waals surface area contributed by atoms with Crippen molar-refractivity contribution in [1.82, 2.24) is 9.80 Å². The van der Waals surface area contributed by atoms with Gasteiger partial charge < -0.3 is 14.9 Å². The first-order valence-electron chi connectivity index (χ1n) is 10.2. The maximum absolute atomic E-state index is 12.9. The van der Waals surface area contributed by atoms with Crippen molar-refractivity contribution in [1.29, 1.82) is 0 Å². The van der Waals surface area contributed by atoms with Gasteiger partial charge in [0.25, 0.3) is 11.6 Å². The van der Waals surface area contributed by atoms with E-state index in [0.717, 1.165) is 38.8 Å². The number of ketones is 1. The molecular weight excluding hydrogens is 374 g/mol. The Morgan fingerprint density at radius 2 is 1.76 bits per heavy atom. The number of nitro groups is 1. The molecule has 1 saturated carbocycles. The molecule has 8 heteroatoms. The number of carbonyl (C=O) groups is 2. The molecule has 2 heterocycles. The molecule has 29 heavy (non-hydrogen) atoms. The van der Waals surface area contributed by atoms with Gasteiger partial charge in [-0.25, -0.2) is 0 Å². The fraction of sp³-hybridized carbons (Fsp3) is 0.524. The number of amides is 1. The monoisotopic (exact) mass is 399 g/mol. The second kappa shape index (κ2) is 7.94. The third kappa shape index (κ3) is 3.89. The van der Waals surface area contributed by atoms with Crippen molar-refractivity contribution in [2.24, 2.45) is 5.92 Å². The number of aliphatic hydroxyl groups excluding tert-OH is 1. The van der Waals surface area contributed by atoms with Crippen LogP contribution in [0.2, 0.25) is 0 Å². The van der Waals surface area contributed by atoms with Gasteiger partial charge in [0.2, 0.25) is 0 Å². The van der Waals surface area contributed by atoms with E-state index in [4.69, 9.17) is 0 Å². The molecule has 1 aromatic rings. The topological polar surface area (TPSA) is 104 Å². The van der Waals surface area contributed by atoms with E-state index < -0.39 is 22.6 Å². The molecule has 1 amide bonds. The van der Waals surface area contributed by atoms with Crippen LogP contribution in [-0.2, 0) is 9.59 Å². The lowest BCUT2D eigenvalue weighted by Gasteiger charge is -2.31. The number of hydrogen-bond donors (Lipinski definition) is 1. The molecule has 0 radical (unpaired) electrons. The van der Waals surface area contributed by atoms with Gasteiger partial charge in [0.1, 0.15) is 0 Å². The standard InChI is InChI=1S/C21H25N3O5/c25-19(15-4-5-15)17-18(14-6-8-16(9-7-14)24(28)29)23(21(27)20(17)26)13-12-22-10-2-1-3-11-22/h6-9,15,18,26H,1-5,10-13H2. The second-order valence-electron chi connectivity index (χ2n) is 8.05. The SMILES string of the molecule is O=C(C1=C(O)C(=O)N(CCN2CCCCC2)C1c1ccc([N+](=O)[O-])cc1)C1CC1.